The Morgan fingerprint density at radius 3 is 2.64 bits per heavy atom. The highest BCUT2D eigenvalue weighted by Crippen LogP contribution is 2.35. The van der Waals surface area contributed by atoms with Crippen LogP contribution in [-0.2, 0) is 13.0 Å². The lowest BCUT2D eigenvalue weighted by Crippen LogP contribution is -2.23. The molecule has 25 heavy (non-hydrogen) atoms. The van der Waals surface area contributed by atoms with Crippen LogP contribution in [0, 0.1) is 0 Å². The maximum atomic E-state index is 12.4. The zero-order chi connectivity index (χ0) is 15.8. The molecule has 138 valence electrons. The van der Waals surface area contributed by atoms with Gasteiger partial charge in [0.25, 0.3) is 5.56 Å². The number of ether oxygens (including phenoxy) is 1. The summed E-state index contributed by atoms with van der Waals surface area (Å²) >= 11 is 0. The molecule has 1 aromatic carbocycles. The van der Waals surface area contributed by atoms with Gasteiger partial charge in [0.2, 0.25) is 0 Å². The zero-order valence-electron chi connectivity index (χ0n) is 14.4. The van der Waals surface area contributed by atoms with Gasteiger partial charge in [-0.05, 0) is 56.5 Å². The maximum absolute atomic E-state index is 12.4. The summed E-state index contributed by atoms with van der Waals surface area (Å²) in [7, 11) is 1.70. The lowest BCUT2D eigenvalue weighted by atomic mass is 9.99. The van der Waals surface area contributed by atoms with Crippen LogP contribution in [-0.4, -0.2) is 36.6 Å². The molecule has 1 aromatic heterocycles. The topological polar surface area (TPSA) is 57.4 Å². The van der Waals surface area contributed by atoms with E-state index in [1.165, 1.54) is 18.4 Å². The molecular weight excluding hydrogens is 361 g/mol. The van der Waals surface area contributed by atoms with Crippen molar-refractivity contribution in [2.75, 3.05) is 32.1 Å². The summed E-state index contributed by atoms with van der Waals surface area (Å²) in [6, 6.07) is 4.23. The van der Waals surface area contributed by atoms with Crippen molar-refractivity contribution in [2.45, 2.75) is 32.2 Å². The lowest BCUT2D eigenvalue weighted by Gasteiger charge is -2.22. The van der Waals surface area contributed by atoms with Crippen LogP contribution in [0.3, 0.4) is 0 Å². The number of nitrogens with zero attached hydrogens (tertiary/aromatic N) is 1. The molecular formula is C18H25Cl2N3O2. The van der Waals surface area contributed by atoms with Crippen LogP contribution in [0.2, 0.25) is 0 Å². The summed E-state index contributed by atoms with van der Waals surface area (Å²) in [6.07, 6.45) is 4.38. The summed E-state index contributed by atoms with van der Waals surface area (Å²) in [6.45, 7) is 4.13. The summed E-state index contributed by atoms with van der Waals surface area (Å²) in [5, 5.41) is 4.41. The molecule has 0 unspecified atom stereocenters. The van der Waals surface area contributed by atoms with E-state index >= 15 is 0 Å². The monoisotopic (exact) mass is 385 g/mol. The van der Waals surface area contributed by atoms with Gasteiger partial charge in [-0.3, -0.25) is 9.69 Å². The van der Waals surface area contributed by atoms with Crippen molar-refractivity contribution in [1.29, 1.82) is 0 Å². The lowest BCUT2D eigenvalue weighted by molar-refractivity contribution is 0.330. The Kier molecular flexibility index (Phi) is 6.60. The SMILES string of the molecule is COc1cc(CN2CCCC2)cc2[nH]c(=O)c3c(c12)NCCC3.Cl.Cl. The van der Waals surface area contributed by atoms with Gasteiger partial charge in [-0.15, -0.1) is 24.8 Å². The molecule has 0 spiro atoms. The predicted molar refractivity (Wildman–Crippen MR) is 107 cm³/mol. The molecule has 2 aliphatic rings. The van der Waals surface area contributed by atoms with Crippen LogP contribution in [0.15, 0.2) is 16.9 Å². The van der Waals surface area contributed by atoms with Crippen LogP contribution in [0.5, 0.6) is 5.75 Å². The third-order valence-corrected chi connectivity index (χ3v) is 4.97. The highest BCUT2D eigenvalue weighted by molar-refractivity contribution is 5.98. The van der Waals surface area contributed by atoms with E-state index in [1.54, 1.807) is 7.11 Å². The average molecular weight is 386 g/mol. The first kappa shape index (κ1) is 19.9. The van der Waals surface area contributed by atoms with Gasteiger partial charge in [0, 0.05) is 18.7 Å². The number of aromatic amines is 1. The number of hydrogen-bond acceptors (Lipinski definition) is 4. The minimum atomic E-state index is 0. The van der Waals surface area contributed by atoms with Gasteiger partial charge >= 0.3 is 0 Å². The van der Waals surface area contributed by atoms with Gasteiger partial charge in [0.1, 0.15) is 5.75 Å². The smallest absolute Gasteiger partial charge is 0.253 e. The predicted octanol–water partition coefficient (Wildman–Crippen LogP) is 3.33. The average Bonchev–Trinajstić information content (AvgIpc) is 3.07. The Balaban J connectivity index is 0.00000113. The van der Waals surface area contributed by atoms with Crippen LogP contribution >= 0.6 is 24.8 Å². The molecule has 0 aliphatic carbocycles. The van der Waals surface area contributed by atoms with E-state index in [9.17, 15) is 4.79 Å². The number of nitrogens with one attached hydrogen (secondary N) is 2. The summed E-state index contributed by atoms with van der Waals surface area (Å²) in [4.78, 5) is 17.9. The quantitative estimate of drug-likeness (QED) is 0.850. The molecule has 1 fully saturated rings. The number of halogens is 2. The van der Waals surface area contributed by atoms with Crippen molar-refractivity contribution in [3.63, 3.8) is 0 Å². The molecule has 3 heterocycles. The number of H-pyrrole nitrogens is 1. The molecule has 0 radical (unpaired) electrons. The van der Waals surface area contributed by atoms with Crippen LogP contribution in [0.1, 0.15) is 30.4 Å². The van der Waals surface area contributed by atoms with Crippen LogP contribution in [0.4, 0.5) is 5.69 Å². The van der Waals surface area contributed by atoms with Gasteiger partial charge in [0.05, 0.1) is 23.7 Å². The maximum Gasteiger partial charge on any atom is 0.253 e. The third kappa shape index (κ3) is 3.73. The fourth-order valence-electron chi connectivity index (χ4n) is 3.85. The number of rotatable bonds is 3. The first-order valence-corrected chi connectivity index (χ1v) is 8.48. The highest BCUT2D eigenvalue weighted by atomic mass is 35.5. The molecule has 7 heteroatoms. The minimum Gasteiger partial charge on any atom is -0.496 e. The molecule has 0 bridgehead atoms. The summed E-state index contributed by atoms with van der Waals surface area (Å²) in [5.74, 6) is 0.846. The van der Waals surface area contributed by atoms with Crippen molar-refractivity contribution in [2.24, 2.45) is 0 Å². The Morgan fingerprint density at radius 1 is 1.16 bits per heavy atom. The number of likely N-dealkylation sites (tertiary alicyclic amines) is 1. The van der Waals surface area contributed by atoms with E-state index in [0.29, 0.717) is 0 Å². The van der Waals surface area contributed by atoms with Gasteiger partial charge in [0.15, 0.2) is 0 Å². The van der Waals surface area contributed by atoms with Crippen LogP contribution in [0.25, 0.3) is 10.9 Å². The fraction of sp³-hybridized carbons (Fsp3) is 0.500. The zero-order valence-corrected chi connectivity index (χ0v) is 16.0. The Bertz CT molecular complexity index is 801. The molecule has 0 amide bonds. The highest BCUT2D eigenvalue weighted by Gasteiger charge is 2.20. The number of methoxy groups -OCH3 is 1. The number of fused-ring (bicyclic) bond motifs is 3. The largest absolute Gasteiger partial charge is 0.496 e. The first-order valence-electron chi connectivity index (χ1n) is 8.48. The Morgan fingerprint density at radius 2 is 1.92 bits per heavy atom. The molecule has 2 N–H and O–H groups in total. The Labute approximate surface area is 159 Å². The number of aromatic nitrogens is 1. The van der Waals surface area contributed by atoms with E-state index < -0.39 is 0 Å². The standard InChI is InChI=1S/C18H23N3O2.2ClH/c1-23-15-10-12(11-21-7-2-3-8-21)9-14-16(15)17-13(18(22)20-14)5-4-6-19-17;;/h9-10,19H,2-8,11H2,1H3,(H,20,22);2*1H. The van der Waals surface area contributed by atoms with Gasteiger partial charge in [-0.2, -0.15) is 0 Å². The normalized spacial score (nSPS) is 16.5. The second-order valence-electron chi connectivity index (χ2n) is 6.54. The molecule has 0 atom stereocenters. The first-order chi connectivity index (χ1) is 11.3. The molecule has 2 aromatic rings. The van der Waals surface area contributed by atoms with Gasteiger partial charge in [-0.1, -0.05) is 0 Å². The molecule has 1 saturated heterocycles. The third-order valence-electron chi connectivity index (χ3n) is 4.97. The van der Waals surface area contributed by atoms with Gasteiger partial charge in [-0.25, -0.2) is 0 Å². The number of anilines is 1. The van der Waals surface area contributed by atoms with E-state index in [-0.39, 0.29) is 30.4 Å². The second kappa shape index (κ2) is 8.30. The fourth-order valence-corrected chi connectivity index (χ4v) is 3.85. The summed E-state index contributed by atoms with van der Waals surface area (Å²) in [5.41, 5.74) is 3.91. The van der Waals surface area contributed by atoms with Crippen molar-refractivity contribution in [3.05, 3.63) is 33.6 Å². The number of hydrogen-bond donors (Lipinski definition) is 2. The minimum absolute atomic E-state index is 0. The molecule has 2 aliphatic heterocycles. The van der Waals surface area contributed by atoms with Crippen molar-refractivity contribution >= 4 is 41.4 Å². The van der Waals surface area contributed by atoms with Crippen LogP contribution < -0.4 is 15.6 Å². The molecule has 5 nitrogen and oxygen atoms in total. The van der Waals surface area contributed by atoms with Crippen molar-refractivity contribution < 1.29 is 4.74 Å². The van der Waals surface area contributed by atoms with E-state index in [0.717, 1.165) is 66.9 Å². The second-order valence-corrected chi connectivity index (χ2v) is 6.54. The van der Waals surface area contributed by atoms with Gasteiger partial charge < -0.3 is 15.0 Å². The van der Waals surface area contributed by atoms with E-state index in [2.05, 4.69) is 27.3 Å². The number of benzene rings is 1. The molecule has 0 saturated carbocycles. The van der Waals surface area contributed by atoms with E-state index in [4.69, 9.17) is 4.74 Å². The van der Waals surface area contributed by atoms with Crippen molar-refractivity contribution in [1.82, 2.24) is 9.88 Å². The molecule has 4 rings (SSSR count). The summed E-state index contributed by atoms with van der Waals surface area (Å²) < 4.78 is 5.66. The van der Waals surface area contributed by atoms with Crippen molar-refractivity contribution in [3.8, 4) is 5.75 Å². The Hall–Kier alpha value is -1.43. The van der Waals surface area contributed by atoms with E-state index in [1.807, 2.05) is 0 Å². The number of pyridine rings is 1.